The predicted octanol–water partition coefficient (Wildman–Crippen LogP) is 5.45. The first-order valence-electron chi connectivity index (χ1n) is 9.06. The molecule has 0 bridgehead atoms. The van der Waals surface area contributed by atoms with Gasteiger partial charge in [0, 0.05) is 5.56 Å². The summed E-state index contributed by atoms with van der Waals surface area (Å²) in [5.41, 5.74) is 1.09. The zero-order chi connectivity index (χ0) is 21.9. The molecule has 0 amide bonds. The maximum Gasteiger partial charge on any atom is 0.264 e. The van der Waals surface area contributed by atoms with E-state index in [0.29, 0.717) is 22.7 Å². The topological polar surface area (TPSA) is 55.8 Å². The molecule has 1 unspecified atom stereocenters. The molecule has 0 spiro atoms. The summed E-state index contributed by atoms with van der Waals surface area (Å²) in [7, 11) is -1.04. The minimum atomic E-state index is -4.10. The number of halogens is 2. The highest BCUT2D eigenvalue weighted by Crippen LogP contribution is 2.37. The van der Waals surface area contributed by atoms with Gasteiger partial charge in [-0.05, 0) is 55.5 Å². The predicted molar refractivity (Wildman–Crippen MR) is 115 cm³/mol. The van der Waals surface area contributed by atoms with Gasteiger partial charge < -0.3 is 9.47 Å². The van der Waals surface area contributed by atoms with Crippen molar-refractivity contribution in [2.75, 3.05) is 18.5 Å². The van der Waals surface area contributed by atoms with Gasteiger partial charge in [0.2, 0.25) is 0 Å². The molecule has 8 heteroatoms. The van der Waals surface area contributed by atoms with Crippen molar-refractivity contribution in [3.63, 3.8) is 0 Å². The van der Waals surface area contributed by atoms with E-state index in [4.69, 9.17) is 21.1 Å². The Bertz CT molecular complexity index is 1140. The number of hydrogen-bond acceptors (Lipinski definition) is 4. The standard InChI is InChI=1S/C22H21ClFNO4S/c1-15(19-6-4-5-7-22(19)29-3)25(16-8-10-17(28-2)11-9-16)30(26,27)18-12-13-21(24)20(23)14-18/h4-15H,1-3H3. The van der Waals surface area contributed by atoms with Crippen LogP contribution in [-0.2, 0) is 10.0 Å². The second kappa shape index (κ2) is 8.93. The highest BCUT2D eigenvalue weighted by molar-refractivity contribution is 7.92. The number of anilines is 1. The Morgan fingerprint density at radius 3 is 2.23 bits per heavy atom. The van der Waals surface area contributed by atoms with Gasteiger partial charge in [-0.15, -0.1) is 0 Å². The number of benzene rings is 3. The molecule has 158 valence electrons. The Morgan fingerprint density at radius 2 is 1.63 bits per heavy atom. The van der Waals surface area contributed by atoms with Gasteiger partial charge in [0.25, 0.3) is 10.0 Å². The molecule has 0 saturated heterocycles. The lowest BCUT2D eigenvalue weighted by Gasteiger charge is -2.31. The van der Waals surface area contributed by atoms with Crippen molar-refractivity contribution in [2.24, 2.45) is 0 Å². The zero-order valence-corrected chi connectivity index (χ0v) is 18.2. The van der Waals surface area contributed by atoms with E-state index in [0.717, 1.165) is 12.1 Å². The first-order chi connectivity index (χ1) is 14.3. The summed E-state index contributed by atoms with van der Waals surface area (Å²) >= 11 is 5.86. The fraction of sp³-hybridized carbons (Fsp3) is 0.182. The third-order valence-corrected chi connectivity index (χ3v) is 6.90. The SMILES string of the molecule is COc1ccc(N(C(C)c2ccccc2OC)S(=O)(=O)c2ccc(F)c(Cl)c2)cc1. The van der Waals surface area contributed by atoms with Crippen molar-refractivity contribution in [3.8, 4) is 11.5 Å². The van der Waals surface area contributed by atoms with Gasteiger partial charge in [-0.1, -0.05) is 29.8 Å². The van der Waals surface area contributed by atoms with E-state index in [-0.39, 0.29) is 9.92 Å². The lowest BCUT2D eigenvalue weighted by molar-refractivity contribution is 0.407. The van der Waals surface area contributed by atoms with E-state index in [9.17, 15) is 12.8 Å². The maximum atomic E-state index is 13.6. The average molecular weight is 450 g/mol. The Kier molecular flexibility index (Phi) is 6.53. The van der Waals surface area contributed by atoms with Gasteiger partial charge in [0.15, 0.2) is 0 Å². The summed E-state index contributed by atoms with van der Waals surface area (Å²) in [5.74, 6) is 0.450. The lowest BCUT2D eigenvalue weighted by Crippen LogP contribution is -2.34. The van der Waals surface area contributed by atoms with Gasteiger partial charge in [0.1, 0.15) is 17.3 Å². The molecule has 0 saturated carbocycles. The fourth-order valence-electron chi connectivity index (χ4n) is 3.19. The minimum Gasteiger partial charge on any atom is -0.497 e. The van der Waals surface area contributed by atoms with Crippen molar-refractivity contribution < 1.29 is 22.3 Å². The third kappa shape index (κ3) is 4.22. The summed E-state index contributed by atoms with van der Waals surface area (Å²) in [4.78, 5) is -0.119. The average Bonchev–Trinajstić information content (AvgIpc) is 2.75. The summed E-state index contributed by atoms with van der Waals surface area (Å²) < 4.78 is 52.8. The number of methoxy groups -OCH3 is 2. The Hall–Kier alpha value is -2.77. The van der Waals surface area contributed by atoms with Crippen LogP contribution in [0, 0.1) is 5.82 Å². The Balaban J connectivity index is 2.19. The van der Waals surface area contributed by atoms with E-state index >= 15 is 0 Å². The molecule has 0 radical (unpaired) electrons. The molecule has 3 rings (SSSR count). The van der Waals surface area contributed by atoms with Gasteiger partial charge in [-0.3, -0.25) is 4.31 Å². The summed E-state index contributed by atoms with van der Waals surface area (Å²) in [6.45, 7) is 1.75. The number of nitrogens with zero attached hydrogens (tertiary/aromatic N) is 1. The van der Waals surface area contributed by atoms with Crippen LogP contribution in [0.3, 0.4) is 0 Å². The monoisotopic (exact) mass is 449 g/mol. The number of rotatable bonds is 7. The summed E-state index contributed by atoms with van der Waals surface area (Å²) in [6, 6.07) is 16.5. The van der Waals surface area contributed by atoms with E-state index < -0.39 is 21.9 Å². The van der Waals surface area contributed by atoms with Crippen LogP contribution in [0.1, 0.15) is 18.5 Å². The molecule has 0 aliphatic heterocycles. The second-order valence-corrected chi connectivity index (χ2v) is 8.71. The van der Waals surface area contributed by atoms with Crippen molar-refractivity contribution in [1.82, 2.24) is 0 Å². The zero-order valence-electron chi connectivity index (χ0n) is 16.7. The van der Waals surface area contributed by atoms with Gasteiger partial charge in [-0.2, -0.15) is 0 Å². The van der Waals surface area contributed by atoms with Crippen LogP contribution in [0.25, 0.3) is 0 Å². The second-order valence-electron chi connectivity index (χ2n) is 6.49. The van der Waals surface area contributed by atoms with Crippen molar-refractivity contribution in [2.45, 2.75) is 17.9 Å². The number of sulfonamides is 1. The highest BCUT2D eigenvalue weighted by Gasteiger charge is 2.32. The fourth-order valence-corrected chi connectivity index (χ4v) is 5.10. The molecule has 0 N–H and O–H groups in total. The minimum absolute atomic E-state index is 0.119. The Morgan fingerprint density at radius 1 is 0.967 bits per heavy atom. The van der Waals surface area contributed by atoms with Crippen molar-refractivity contribution in [3.05, 3.63) is 83.1 Å². The van der Waals surface area contributed by atoms with Crippen LogP contribution in [0.15, 0.2) is 71.6 Å². The first-order valence-corrected chi connectivity index (χ1v) is 10.9. The number of hydrogen-bond donors (Lipinski definition) is 0. The molecular weight excluding hydrogens is 429 g/mol. The molecule has 0 aliphatic carbocycles. The molecule has 0 heterocycles. The molecule has 1 atom stereocenters. The molecule has 5 nitrogen and oxygen atoms in total. The first kappa shape index (κ1) is 21.9. The van der Waals surface area contributed by atoms with Crippen LogP contribution in [-0.4, -0.2) is 22.6 Å². The van der Waals surface area contributed by atoms with Crippen LogP contribution in [0.2, 0.25) is 5.02 Å². The number of para-hydroxylation sites is 1. The molecule has 0 fully saturated rings. The highest BCUT2D eigenvalue weighted by atomic mass is 35.5. The van der Waals surface area contributed by atoms with Crippen LogP contribution in [0.5, 0.6) is 11.5 Å². The van der Waals surface area contributed by atoms with Crippen LogP contribution >= 0.6 is 11.6 Å². The Labute approximate surface area is 180 Å². The quantitative estimate of drug-likeness (QED) is 0.481. The van der Waals surface area contributed by atoms with Crippen molar-refractivity contribution in [1.29, 1.82) is 0 Å². The third-order valence-electron chi connectivity index (χ3n) is 4.72. The van der Waals surface area contributed by atoms with E-state index in [1.165, 1.54) is 24.6 Å². The normalized spacial score (nSPS) is 12.3. The van der Waals surface area contributed by atoms with Crippen LogP contribution in [0.4, 0.5) is 10.1 Å². The summed E-state index contributed by atoms with van der Waals surface area (Å²) in [6.07, 6.45) is 0. The largest absolute Gasteiger partial charge is 0.497 e. The van der Waals surface area contributed by atoms with Gasteiger partial charge in [-0.25, -0.2) is 12.8 Å². The van der Waals surface area contributed by atoms with E-state index in [1.54, 1.807) is 49.4 Å². The molecule has 0 aliphatic rings. The van der Waals surface area contributed by atoms with E-state index in [1.807, 2.05) is 6.07 Å². The van der Waals surface area contributed by atoms with Gasteiger partial charge >= 0.3 is 0 Å². The summed E-state index contributed by atoms with van der Waals surface area (Å²) in [5, 5.41) is -0.268. The van der Waals surface area contributed by atoms with E-state index in [2.05, 4.69) is 0 Å². The maximum absolute atomic E-state index is 13.6. The smallest absolute Gasteiger partial charge is 0.264 e. The van der Waals surface area contributed by atoms with Crippen LogP contribution < -0.4 is 13.8 Å². The molecular formula is C22H21ClFNO4S. The van der Waals surface area contributed by atoms with Gasteiger partial charge in [0.05, 0.1) is 35.9 Å². The molecule has 30 heavy (non-hydrogen) atoms. The molecule has 3 aromatic carbocycles. The van der Waals surface area contributed by atoms with Crippen molar-refractivity contribution >= 4 is 27.3 Å². The molecule has 0 aromatic heterocycles. The molecule has 3 aromatic rings. The lowest BCUT2D eigenvalue weighted by atomic mass is 10.1. The number of ether oxygens (including phenoxy) is 2.